The number of carboxylic acids is 1. The molecule has 0 fully saturated rings. The molecule has 6 nitrogen and oxygen atoms in total. The van der Waals surface area contributed by atoms with Crippen LogP contribution < -0.4 is 5.73 Å². The van der Waals surface area contributed by atoms with E-state index in [1.165, 1.54) is 7.05 Å². The van der Waals surface area contributed by atoms with Crippen molar-refractivity contribution in [1.82, 2.24) is 4.90 Å². The maximum Gasteiger partial charge on any atom is 0.410 e. The number of nitrogen functional groups attached to an aromatic ring is 1. The van der Waals surface area contributed by atoms with Gasteiger partial charge in [-0.05, 0) is 39.9 Å². The average molecular weight is 416 g/mol. The number of anilines is 1. The number of hydrogen-bond acceptors (Lipinski definition) is 4. The summed E-state index contributed by atoms with van der Waals surface area (Å²) in [6.07, 6.45) is -0.499. The number of amides is 1. The van der Waals surface area contributed by atoms with Crippen LogP contribution in [0.1, 0.15) is 22.6 Å². The summed E-state index contributed by atoms with van der Waals surface area (Å²) in [7, 11) is 1.45. The first-order chi connectivity index (χ1) is 15.0. The Morgan fingerprint density at radius 3 is 2.06 bits per heavy atom. The minimum absolute atomic E-state index is 0.0786. The molecule has 0 spiro atoms. The third-order valence-electron chi connectivity index (χ3n) is 5.79. The van der Waals surface area contributed by atoms with Crippen molar-refractivity contribution in [2.75, 3.05) is 19.4 Å². The first kappa shape index (κ1) is 20.5. The molecular weight excluding hydrogens is 392 g/mol. The average Bonchev–Trinajstić information content (AvgIpc) is 3.10. The van der Waals surface area contributed by atoms with Gasteiger partial charge in [-0.25, -0.2) is 9.59 Å². The maximum absolute atomic E-state index is 12.7. The molecule has 3 aromatic carbocycles. The van der Waals surface area contributed by atoms with Gasteiger partial charge < -0.3 is 15.6 Å². The quantitative estimate of drug-likeness (QED) is 0.589. The van der Waals surface area contributed by atoms with Crippen molar-refractivity contribution < 1.29 is 19.4 Å². The fourth-order valence-electron chi connectivity index (χ4n) is 4.09. The van der Waals surface area contributed by atoms with E-state index in [1.807, 2.05) is 36.4 Å². The number of carbonyl (C=O) groups excluding carboxylic acids is 1. The molecule has 0 saturated heterocycles. The molecule has 0 saturated carbocycles. The standard InChI is InChI=1S/C25H24N2O4/c1-27(23(24(28)29)14-16-10-12-17(26)13-11-16)25(30)31-15-22-20-8-4-2-6-18(20)19-7-3-5-9-21(19)22/h2-13,22-23H,14-15,26H2,1H3,(H,28,29)/t23-/m1/s1. The van der Waals surface area contributed by atoms with Gasteiger partial charge in [-0.2, -0.15) is 0 Å². The number of aliphatic carboxylic acids is 1. The lowest BCUT2D eigenvalue weighted by atomic mass is 9.98. The van der Waals surface area contributed by atoms with Gasteiger partial charge in [0.25, 0.3) is 0 Å². The van der Waals surface area contributed by atoms with Crippen molar-refractivity contribution in [1.29, 1.82) is 0 Å². The summed E-state index contributed by atoms with van der Waals surface area (Å²) in [6, 6.07) is 22.0. The zero-order chi connectivity index (χ0) is 22.0. The maximum atomic E-state index is 12.7. The van der Waals surface area contributed by atoms with Crippen molar-refractivity contribution >= 4 is 17.7 Å². The molecule has 0 heterocycles. The Morgan fingerprint density at radius 1 is 0.968 bits per heavy atom. The lowest BCUT2D eigenvalue weighted by Gasteiger charge is -2.25. The molecule has 0 aromatic heterocycles. The third kappa shape index (κ3) is 4.10. The molecule has 1 amide bonds. The highest BCUT2D eigenvalue weighted by molar-refractivity contribution is 5.81. The summed E-state index contributed by atoms with van der Waals surface area (Å²) in [6.45, 7) is 0.144. The molecule has 31 heavy (non-hydrogen) atoms. The number of carbonyl (C=O) groups is 2. The van der Waals surface area contributed by atoms with Gasteiger partial charge in [-0.3, -0.25) is 4.90 Å². The molecule has 4 rings (SSSR count). The monoisotopic (exact) mass is 416 g/mol. The lowest BCUT2D eigenvalue weighted by Crippen LogP contribution is -2.44. The molecule has 0 bridgehead atoms. The number of likely N-dealkylation sites (N-methyl/N-ethyl adjacent to an activating group) is 1. The van der Waals surface area contributed by atoms with Crippen LogP contribution in [0.2, 0.25) is 0 Å². The van der Waals surface area contributed by atoms with E-state index in [2.05, 4.69) is 12.1 Å². The Kier molecular flexibility index (Phi) is 5.62. The van der Waals surface area contributed by atoms with Crippen LogP contribution in [0, 0.1) is 0 Å². The molecule has 1 aliphatic carbocycles. The fraction of sp³-hybridized carbons (Fsp3) is 0.200. The first-order valence-electron chi connectivity index (χ1n) is 10.1. The highest BCUT2D eigenvalue weighted by Crippen LogP contribution is 2.44. The fourth-order valence-corrected chi connectivity index (χ4v) is 4.09. The summed E-state index contributed by atoms with van der Waals surface area (Å²) in [5.41, 5.74) is 11.6. The zero-order valence-corrected chi connectivity index (χ0v) is 17.2. The number of nitrogens with two attached hydrogens (primary N) is 1. The second kappa shape index (κ2) is 8.52. The molecule has 6 heteroatoms. The first-order valence-corrected chi connectivity index (χ1v) is 10.1. The van der Waals surface area contributed by atoms with Crippen LogP contribution in [-0.2, 0) is 16.0 Å². The predicted octanol–water partition coefficient (Wildman–Crippen LogP) is 4.15. The summed E-state index contributed by atoms with van der Waals surface area (Å²) in [5, 5.41) is 9.67. The van der Waals surface area contributed by atoms with E-state index >= 15 is 0 Å². The summed E-state index contributed by atoms with van der Waals surface area (Å²) in [4.78, 5) is 25.7. The van der Waals surface area contributed by atoms with Gasteiger partial charge in [0.15, 0.2) is 0 Å². The summed E-state index contributed by atoms with van der Waals surface area (Å²) >= 11 is 0. The smallest absolute Gasteiger partial charge is 0.410 e. The van der Waals surface area contributed by atoms with Crippen LogP contribution in [0.15, 0.2) is 72.8 Å². The highest BCUT2D eigenvalue weighted by atomic mass is 16.6. The van der Waals surface area contributed by atoms with E-state index < -0.39 is 18.1 Å². The van der Waals surface area contributed by atoms with Crippen LogP contribution in [-0.4, -0.2) is 41.8 Å². The minimum Gasteiger partial charge on any atom is -0.480 e. The van der Waals surface area contributed by atoms with Crippen molar-refractivity contribution in [3.8, 4) is 11.1 Å². The van der Waals surface area contributed by atoms with Crippen molar-refractivity contribution in [2.24, 2.45) is 0 Å². The number of hydrogen-bond donors (Lipinski definition) is 2. The Hall–Kier alpha value is -3.80. The molecular formula is C25H24N2O4. The molecule has 158 valence electrons. The Morgan fingerprint density at radius 2 is 1.52 bits per heavy atom. The molecule has 0 radical (unpaired) electrons. The number of rotatable bonds is 6. The number of benzene rings is 3. The topological polar surface area (TPSA) is 92.9 Å². The minimum atomic E-state index is -1.09. The van der Waals surface area contributed by atoms with E-state index in [0.717, 1.165) is 32.7 Å². The van der Waals surface area contributed by atoms with Gasteiger partial charge in [-0.15, -0.1) is 0 Å². The molecule has 1 atom stereocenters. The van der Waals surface area contributed by atoms with E-state index in [4.69, 9.17) is 10.5 Å². The van der Waals surface area contributed by atoms with Gasteiger partial charge >= 0.3 is 12.1 Å². The van der Waals surface area contributed by atoms with Gasteiger partial charge in [0, 0.05) is 25.1 Å². The van der Waals surface area contributed by atoms with Crippen molar-refractivity contribution in [3.05, 3.63) is 89.5 Å². The zero-order valence-electron chi connectivity index (χ0n) is 17.2. The number of nitrogens with zero attached hydrogens (tertiary/aromatic N) is 1. The normalized spacial score (nSPS) is 13.2. The largest absolute Gasteiger partial charge is 0.480 e. The third-order valence-corrected chi connectivity index (χ3v) is 5.79. The SMILES string of the molecule is CN(C(=O)OCC1c2ccccc2-c2ccccc21)[C@H](Cc1ccc(N)cc1)C(=O)O. The van der Waals surface area contributed by atoms with Crippen LogP contribution in [0.4, 0.5) is 10.5 Å². The van der Waals surface area contributed by atoms with Crippen molar-refractivity contribution in [3.63, 3.8) is 0 Å². The van der Waals surface area contributed by atoms with Gasteiger partial charge in [0.05, 0.1) is 0 Å². The Balaban J connectivity index is 1.47. The van der Waals surface area contributed by atoms with Crippen molar-refractivity contribution in [2.45, 2.75) is 18.4 Å². The molecule has 3 N–H and O–H groups in total. The van der Waals surface area contributed by atoms with E-state index in [9.17, 15) is 14.7 Å². The van der Waals surface area contributed by atoms with E-state index in [0.29, 0.717) is 5.69 Å². The Labute approximate surface area is 180 Å². The molecule has 1 aliphatic rings. The number of fused-ring (bicyclic) bond motifs is 3. The Bertz CT molecular complexity index is 1070. The summed E-state index contributed by atoms with van der Waals surface area (Å²) in [5.74, 6) is -1.17. The second-order valence-corrected chi connectivity index (χ2v) is 7.71. The van der Waals surface area contributed by atoms with Crippen LogP contribution in [0.5, 0.6) is 0 Å². The van der Waals surface area contributed by atoms with Gasteiger partial charge in [-0.1, -0.05) is 60.7 Å². The van der Waals surface area contributed by atoms with E-state index in [-0.39, 0.29) is 18.9 Å². The van der Waals surface area contributed by atoms with Crippen LogP contribution in [0.3, 0.4) is 0 Å². The molecule has 0 unspecified atom stereocenters. The van der Waals surface area contributed by atoms with Crippen LogP contribution in [0.25, 0.3) is 11.1 Å². The highest BCUT2D eigenvalue weighted by Gasteiger charge is 2.32. The number of carboxylic acid groups (broad SMARTS) is 1. The van der Waals surface area contributed by atoms with E-state index in [1.54, 1.807) is 24.3 Å². The second-order valence-electron chi connectivity index (χ2n) is 7.71. The molecule has 3 aromatic rings. The molecule has 0 aliphatic heterocycles. The lowest BCUT2D eigenvalue weighted by molar-refractivity contribution is -0.142. The number of ether oxygens (including phenoxy) is 1. The predicted molar refractivity (Wildman–Crippen MR) is 119 cm³/mol. The van der Waals surface area contributed by atoms with Gasteiger partial charge in [0.2, 0.25) is 0 Å². The summed E-state index contributed by atoms with van der Waals surface area (Å²) < 4.78 is 5.59. The van der Waals surface area contributed by atoms with Crippen LogP contribution >= 0.6 is 0 Å². The van der Waals surface area contributed by atoms with Gasteiger partial charge in [0.1, 0.15) is 12.6 Å².